The molecule has 0 amide bonds. The topological polar surface area (TPSA) is 0 Å². The molecule has 1 atom stereocenters. The van der Waals surface area contributed by atoms with Gasteiger partial charge in [0.2, 0.25) is 0 Å². The standard InChI is InChI=1S/C11H18/c1-4-8-11(3)9-6-5-7-10(11)2/h4H,1-2,5-9H2,3H3. The molecule has 0 spiro atoms. The molecule has 0 saturated heterocycles. The van der Waals surface area contributed by atoms with Gasteiger partial charge in [-0.2, -0.15) is 0 Å². The third kappa shape index (κ3) is 1.74. The lowest BCUT2D eigenvalue weighted by Gasteiger charge is -2.35. The van der Waals surface area contributed by atoms with Gasteiger partial charge in [-0.25, -0.2) is 0 Å². The van der Waals surface area contributed by atoms with Crippen LogP contribution < -0.4 is 0 Å². The zero-order valence-electron chi connectivity index (χ0n) is 7.53. The molecule has 0 aliphatic heterocycles. The summed E-state index contributed by atoms with van der Waals surface area (Å²) in [6.07, 6.45) is 8.36. The Morgan fingerprint density at radius 1 is 1.55 bits per heavy atom. The van der Waals surface area contributed by atoms with Crippen molar-refractivity contribution in [3.05, 3.63) is 24.8 Å². The van der Waals surface area contributed by atoms with E-state index in [1.165, 1.54) is 31.3 Å². The first kappa shape index (κ1) is 8.58. The monoisotopic (exact) mass is 150 g/mol. The van der Waals surface area contributed by atoms with E-state index in [0.29, 0.717) is 5.41 Å². The summed E-state index contributed by atoms with van der Waals surface area (Å²) in [5.41, 5.74) is 1.81. The first-order chi connectivity index (χ1) is 5.19. The lowest BCUT2D eigenvalue weighted by atomic mass is 9.70. The van der Waals surface area contributed by atoms with E-state index in [9.17, 15) is 0 Å². The molecule has 1 aliphatic carbocycles. The van der Waals surface area contributed by atoms with Crippen LogP contribution in [0.5, 0.6) is 0 Å². The van der Waals surface area contributed by atoms with Crippen LogP contribution in [0.1, 0.15) is 39.0 Å². The van der Waals surface area contributed by atoms with Crippen molar-refractivity contribution in [3.63, 3.8) is 0 Å². The minimum absolute atomic E-state index is 0.375. The number of rotatable bonds is 2. The van der Waals surface area contributed by atoms with E-state index in [2.05, 4.69) is 20.1 Å². The maximum absolute atomic E-state index is 4.14. The van der Waals surface area contributed by atoms with Gasteiger partial charge in [0.1, 0.15) is 0 Å². The smallest absolute Gasteiger partial charge is 0.00847 e. The molecule has 1 unspecified atom stereocenters. The second-order valence-corrected chi connectivity index (χ2v) is 3.86. The lowest BCUT2D eigenvalue weighted by Crippen LogP contribution is -2.21. The highest BCUT2D eigenvalue weighted by molar-refractivity contribution is 5.12. The van der Waals surface area contributed by atoms with Gasteiger partial charge >= 0.3 is 0 Å². The minimum atomic E-state index is 0.375. The molecular formula is C11H18. The Kier molecular flexibility index (Phi) is 2.53. The van der Waals surface area contributed by atoms with Crippen molar-refractivity contribution in [1.29, 1.82) is 0 Å². The van der Waals surface area contributed by atoms with Crippen molar-refractivity contribution < 1.29 is 0 Å². The third-order valence-electron chi connectivity index (χ3n) is 2.91. The average molecular weight is 150 g/mol. The predicted octanol–water partition coefficient (Wildman–Crippen LogP) is 3.70. The predicted molar refractivity (Wildman–Crippen MR) is 50.5 cm³/mol. The Morgan fingerprint density at radius 2 is 2.27 bits per heavy atom. The first-order valence-corrected chi connectivity index (χ1v) is 4.48. The van der Waals surface area contributed by atoms with Crippen LogP contribution in [0.3, 0.4) is 0 Å². The summed E-state index contributed by atoms with van der Waals surface area (Å²) in [6.45, 7) is 10.2. The molecule has 0 aromatic carbocycles. The van der Waals surface area contributed by atoms with Gasteiger partial charge in [0, 0.05) is 0 Å². The summed E-state index contributed by atoms with van der Waals surface area (Å²) >= 11 is 0. The minimum Gasteiger partial charge on any atom is -0.103 e. The molecule has 62 valence electrons. The van der Waals surface area contributed by atoms with Crippen molar-refractivity contribution >= 4 is 0 Å². The Balaban J connectivity index is 2.64. The number of hydrogen-bond acceptors (Lipinski definition) is 0. The molecule has 1 rings (SSSR count). The quantitative estimate of drug-likeness (QED) is 0.526. The van der Waals surface area contributed by atoms with Crippen LogP contribution in [0.2, 0.25) is 0 Å². The van der Waals surface area contributed by atoms with Crippen molar-refractivity contribution in [2.24, 2.45) is 5.41 Å². The average Bonchev–Trinajstić information content (AvgIpc) is 1.96. The van der Waals surface area contributed by atoms with Crippen LogP contribution in [-0.4, -0.2) is 0 Å². The molecule has 1 saturated carbocycles. The SMILES string of the molecule is C=CCC1(C)CCCCC1=C. The van der Waals surface area contributed by atoms with Gasteiger partial charge in [-0.05, 0) is 31.1 Å². The fourth-order valence-corrected chi connectivity index (χ4v) is 1.90. The van der Waals surface area contributed by atoms with E-state index >= 15 is 0 Å². The van der Waals surface area contributed by atoms with Gasteiger partial charge in [-0.1, -0.05) is 31.6 Å². The molecule has 0 bridgehead atoms. The maximum Gasteiger partial charge on any atom is -0.00847 e. The Morgan fingerprint density at radius 3 is 2.82 bits per heavy atom. The van der Waals surface area contributed by atoms with Crippen LogP contribution in [0, 0.1) is 5.41 Å². The summed E-state index contributed by atoms with van der Waals surface area (Å²) in [7, 11) is 0. The Labute approximate surface area is 70.0 Å². The Hall–Kier alpha value is -0.520. The summed E-state index contributed by atoms with van der Waals surface area (Å²) in [4.78, 5) is 0. The normalized spacial score (nSPS) is 31.9. The Bertz CT molecular complexity index is 167. The molecule has 0 radical (unpaired) electrons. The fourth-order valence-electron chi connectivity index (χ4n) is 1.90. The van der Waals surface area contributed by atoms with Gasteiger partial charge in [0.05, 0.1) is 0 Å². The van der Waals surface area contributed by atoms with E-state index < -0.39 is 0 Å². The molecule has 0 aromatic rings. The van der Waals surface area contributed by atoms with Crippen LogP contribution in [-0.2, 0) is 0 Å². The van der Waals surface area contributed by atoms with Gasteiger partial charge in [0.15, 0.2) is 0 Å². The van der Waals surface area contributed by atoms with Crippen molar-refractivity contribution in [1.82, 2.24) is 0 Å². The fraction of sp³-hybridized carbons (Fsp3) is 0.636. The molecule has 0 N–H and O–H groups in total. The van der Waals surface area contributed by atoms with E-state index in [4.69, 9.17) is 0 Å². The summed E-state index contributed by atoms with van der Waals surface area (Å²) in [6, 6.07) is 0. The first-order valence-electron chi connectivity index (χ1n) is 4.48. The molecule has 0 aromatic heterocycles. The van der Waals surface area contributed by atoms with Crippen molar-refractivity contribution in [3.8, 4) is 0 Å². The number of allylic oxidation sites excluding steroid dienone is 2. The van der Waals surface area contributed by atoms with Gasteiger partial charge in [0.25, 0.3) is 0 Å². The molecule has 1 fully saturated rings. The largest absolute Gasteiger partial charge is 0.103 e. The van der Waals surface area contributed by atoms with E-state index in [-0.39, 0.29) is 0 Å². The molecule has 0 heterocycles. The third-order valence-corrected chi connectivity index (χ3v) is 2.91. The highest BCUT2D eigenvalue weighted by Crippen LogP contribution is 2.42. The number of hydrogen-bond donors (Lipinski definition) is 0. The highest BCUT2D eigenvalue weighted by atomic mass is 14.3. The molecule has 1 aliphatic rings. The molecule has 0 nitrogen and oxygen atoms in total. The summed E-state index contributed by atoms with van der Waals surface area (Å²) in [5, 5.41) is 0. The summed E-state index contributed by atoms with van der Waals surface area (Å²) < 4.78 is 0. The van der Waals surface area contributed by atoms with E-state index in [1.807, 2.05) is 6.08 Å². The van der Waals surface area contributed by atoms with E-state index in [1.54, 1.807) is 0 Å². The van der Waals surface area contributed by atoms with Crippen LogP contribution >= 0.6 is 0 Å². The van der Waals surface area contributed by atoms with Gasteiger partial charge in [-0.3, -0.25) is 0 Å². The van der Waals surface area contributed by atoms with Crippen LogP contribution in [0.4, 0.5) is 0 Å². The highest BCUT2D eigenvalue weighted by Gasteiger charge is 2.28. The zero-order valence-corrected chi connectivity index (χ0v) is 7.53. The van der Waals surface area contributed by atoms with Crippen molar-refractivity contribution in [2.45, 2.75) is 39.0 Å². The van der Waals surface area contributed by atoms with Crippen LogP contribution in [0.25, 0.3) is 0 Å². The van der Waals surface area contributed by atoms with Gasteiger partial charge in [-0.15, -0.1) is 6.58 Å². The second kappa shape index (κ2) is 3.25. The summed E-state index contributed by atoms with van der Waals surface area (Å²) in [5.74, 6) is 0. The maximum atomic E-state index is 4.14. The molecule has 0 heteroatoms. The molecule has 11 heavy (non-hydrogen) atoms. The zero-order chi connectivity index (χ0) is 8.32. The van der Waals surface area contributed by atoms with Gasteiger partial charge < -0.3 is 0 Å². The van der Waals surface area contributed by atoms with Crippen molar-refractivity contribution in [2.75, 3.05) is 0 Å². The molecular weight excluding hydrogens is 132 g/mol. The van der Waals surface area contributed by atoms with E-state index in [0.717, 1.165) is 6.42 Å². The lowest BCUT2D eigenvalue weighted by molar-refractivity contribution is 0.308. The second-order valence-electron chi connectivity index (χ2n) is 3.86. The van der Waals surface area contributed by atoms with Crippen LogP contribution in [0.15, 0.2) is 24.8 Å².